The maximum atomic E-state index is 14.3. The lowest BCUT2D eigenvalue weighted by Gasteiger charge is -2.25. The first kappa shape index (κ1) is 22.0. The van der Waals surface area contributed by atoms with E-state index >= 15 is 0 Å². The van der Waals surface area contributed by atoms with Gasteiger partial charge in [-0.1, -0.05) is 43.3 Å². The maximum Gasteiger partial charge on any atom is 0.253 e. The normalized spacial score (nSPS) is 21.2. The SMILES string of the molecule is CNC(=O)c1ccc(C[C@@H](CNC(=O)C2C[C@]2(C)c2ccccc2)N(C)C)cc1F. The van der Waals surface area contributed by atoms with Crippen LogP contribution in [0.1, 0.15) is 34.8 Å². The Morgan fingerprint density at radius 1 is 1.20 bits per heavy atom. The average molecular weight is 412 g/mol. The summed E-state index contributed by atoms with van der Waals surface area (Å²) >= 11 is 0. The molecule has 2 aromatic carbocycles. The molecule has 1 fully saturated rings. The van der Waals surface area contributed by atoms with Crippen LogP contribution >= 0.6 is 0 Å². The van der Waals surface area contributed by atoms with Gasteiger partial charge in [0.15, 0.2) is 0 Å². The van der Waals surface area contributed by atoms with E-state index in [1.54, 1.807) is 6.07 Å². The Balaban J connectivity index is 1.60. The molecule has 1 saturated carbocycles. The van der Waals surface area contributed by atoms with Crippen molar-refractivity contribution in [2.75, 3.05) is 27.7 Å². The second-order valence-electron chi connectivity index (χ2n) is 8.50. The molecule has 6 heteroatoms. The quantitative estimate of drug-likeness (QED) is 0.702. The Hall–Kier alpha value is -2.73. The van der Waals surface area contributed by atoms with Crippen molar-refractivity contribution in [3.8, 4) is 0 Å². The summed E-state index contributed by atoms with van der Waals surface area (Å²) in [5, 5.41) is 5.52. The number of amides is 2. The predicted molar refractivity (Wildman–Crippen MR) is 116 cm³/mol. The van der Waals surface area contributed by atoms with Crippen molar-refractivity contribution in [2.45, 2.75) is 31.2 Å². The summed E-state index contributed by atoms with van der Waals surface area (Å²) in [6, 6.07) is 14.8. The number of carbonyl (C=O) groups excluding carboxylic acids is 2. The Labute approximate surface area is 177 Å². The van der Waals surface area contributed by atoms with Crippen LogP contribution in [0.3, 0.4) is 0 Å². The zero-order valence-corrected chi connectivity index (χ0v) is 18.0. The lowest BCUT2D eigenvalue weighted by atomic mass is 9.95. The minimum Gasteiger partial charge on any atom is -0.355 e. The largest absolute Gasteiger partial charge is 0.355 e. The monoisotopic (exact) mass is 411 g/mol. The molecule has 1 aliphatic rings. The Morgan fingerprint density at radius 2 is 1.90 bits per heavy atom. The number of benzene rings is 2. The molecular weight excluding hydrogens is 381 g/mol. The van der Waals surface area contributed by atoms with Crippen molar-refractivity contribution in [1.82, 2.24) is 15.5 Å². The van der Waals surface area contributed by atoms with Gasteiger partial charge in [0.1, 0.15) is 5.82 Å². The van der Waals surface area contributed by atoms with E-state index in [0.717, 1.165) is 12.0 Å². The average Bonchev–Trinajstić information content (AvgIpc) is 3.44. The standard InChI is InChI=1S/C24H30FN3O2/c1-24(17-8-6-5-7-9-17)14-20(24)23(30)27-15-18(28(3)4)12-16-10-11-19(21(25)13-16)22(29)26-2/h5-11,13,18,20H,12,14-15H2,1-4H3,(H,26,29)(H,27,30)/t18-,20?,24+/m0/s1. The van der Waals surface area contributed by atoms with Gasteiger partial charge in [0.05, 0.1) is 5.56 Å². The summed E-state index contributed by atoms with van der Waals surface area (Å²) in [7, 11) is 5.36. The molecule has 0 heterocycles. The van der Waals surface area contributed by atoms with Crippen LogP contribution in [0.15, 0.2) is 48.5 Å². The molecule has 2 aromatic rings. The highest BCUT2D eigenvalue weighted by atomic mass is 19.1. The number of hydrogen-bond acceptors (Lipinski definition) is 3. The van der Waals surface area contributed by atoms with Gasteiger partial charge < -0.3 is 15.5 Å². The molecule has 3 rings (SSSR count). The van der Waals surface area contributed by atoms with Crippen LogP contribution in [0.2, 0.25) is 0 Å². The second-order valence-corrected chi connectivity index (χ2v) is 8.50. The topological polar surface area (TPSA) is 61.4 Å². The first-order chi connectivity index (χ1) is 14.3. The highest BCUT2D eigenvalue weighted by molar-refractivity contribution is 5.94. The molecule has 0 spiro atoms. The molecule has 5 nitrogen and oxygen atoms in total. The highest BCUT2D eigenvalue weighted by Crippen LogP contribution is 2.53. The molecule has 1 unspecified atom stereocenters. The minimum absolute atomic E-state index is 0.0148. The number of halogens is 1. The lowest BCUT2D eigenvalue weighted by molar-refractivity contribution is -0.122. The van der Waals surface area contributed by atoms with E-state index in [4.69, 9.17) is 0 Å². The summed E-state index contributed by atoms with van der Waals surface area (Å²) in [6.45, 7) is 2.61. The van der Waals surface area contributed by atoms with E-state index in [0.29, 0.717) is 13.0 Å². The number of carbonyl (C=O) groups is 2. The summed E-state index contributed by atoms with van der Waals surface area (Å²) in [6.07, 6.45) is 1.42. The highest BCUT2D eigenvalue weighted by Gasteiger charge is 2.55. The van der Waals surface area contributed by atoms with Crippen LogP contribution in [-0.2, 0) is 16.6 Å². The molecule has 2 N–H and O–H groups in total. The summed E-state index contributed by atoms with van der Waals surface area (Å²) in [5.41, 5.74) is 1.91. The van der Waals surface area contributed by atoms with Crippen molar-refractivity contribution in [1.29, 1.82) is 0 Å². The van der Waals surface area contributed by atoms with Crippen LogP contribution in [0.25, 0.3) is 0 Å². The third-order valence-corrected chi connectivity index (χ3v) is 6.21. The first-order valence-corrected chi connectivity index (χ1v) is 10.3. The van der Waals surface area contributed by atoms with Crippen molar-refractivity contribution >= 4 is 11.8 Å². The number of rotatable bonds is 8. The molecule has 30 heavy (non-hydrogen) atoms. The molecular formula is C24H30FN3O2. The molecule has 0 radical (unpaired) electrons. The molecule has 0 bridgehead atoms. The third kappa shape index (κ3) is 4.70. The van der Waals surface area contributed by atoms with Crippen molar-refractivity contribution in [3.63, 3.8) is 0 Å². The summed E-state index contributed by atoms with van der Waals surface area (Å²) in [5.74, 6) is -0.937. The number of nitrogens with one attached hydrogen (secondary N) is 2. The van der Waals surface area contributed by atoms with Gasteiger partial charge in [-0.05, 0) is 50.2 Å². The molecule has 160 valence electrons. The molecule has 0 aromatic heterocycles. The zero-order chi connectivity index (χ0) is 21.9. The van der Waals surface area contributed by atoms with Gasteiger partial charge in [-0.3, -0.25) is 9.59 Å². The van der Waals surface area contributed by atoms with Crippen LogP contribution in [0, 0.1) is 11.7 Å². The molecule has 1 aliphatic carbocycles. The van der Waals surface area contributed by atoms with E-state index in [1.807, 2.05) is 37.2 Å². The number of nitrogens with zero attached hydrogens (tertiary/aromatic N) is 1. The van der Waals surface area contributed by atoms with Crippen LogP contribution < -0.4 is 10.6 Å². The molecule has 0 saturated heterocycles. The number of hydrogen-bond donors (Lipinski definition) is 2. The van der Waals surface area contributed by atoms with E-state index in [9.17, 15) is 14.0 Å². The van der Waals surface area contributed by atoms with Gasteiger partial charge in [-0.2, -0.15) is 0 Å². The minimum atomic E-state index is -0.537. The Kier molecular flexibility index (Phi) is 6.56. The van der Waals surface area contributed by atoms with Crippen molar-refractivity contribution in [3.05, 3.63) is 71.0 Å². The fourth-order valence-corrected chi connectivity index (χ4v) is 3.94. The van der Waals surface area contributed by atoms with Crippen LogP contribution in [0.4, 0.5) is 4.39 Å². The lowest BCUT2D eigenvalue weighted by Crippen LogP contribution is -2.42. The van der Waals surface area contributed by atoms with Crippen molar-refractivity contribution in [2.24, 2.45) is 5.92 Å². The Bertz CT molecular complexity index is 916. The summed E-state index contributed by atoms with van der Waals surface area (Å²) < 4.78 is 14.3. The van der Waals surface area contributed by atoms with E-state index in [1.165, 1.54) is 24.7 Å². The third-order valence-electron chi connectivity index (χ3n) is 6.21. The van der Waals surface area contributed by atoms with Gasteiger partial charge in [0.25, 0.3) is 5.91 Å². The van der Waals surface area contributed by atoms with Crippen LogP contribution in [0.5, 0.6) is 0 Å². The van der Waals surface area contributed by atoms with Crippen LogP contribution in [-0.4, -0.2) is 50.4 Å². The molecule has 2 amide bonds. The number of likely N-dealkylation sites (N-methyl/N-ethyl adjacent to an activating group) is 1. The molecule has 3 atom stereocenters. The fraction of sp³-hybridized carbons (Fsp3) is 0.417. The predicted octanol–water partition coefficient (Wildman–Crippen LogP) is 2.75. The van der Waals surface area contributed by atoms with E-state index < -0.39 is 11.7 Å². The summed E-state index contributed by atoms with van der Waals surface area (Å²) in [4.78, 5) is 26.4. The van der Waals surface area contributed by atoms with Crippen molar-refractivity contribution < 1.29 is 14.0 Å². The second kappa shape index (κ2) is 8.96. The van der Waals surface area contributed by atoms with E-state index in [2.05, 4.69) is 29.7 Å². The van der Waals surface area contributed by atoms with Gasteiger partial charge in [0.2, 0.25) is 5.91 Å². The maximum absolute atomic E-state index is 14.3. The van der Waals surface area contributed by atoms with E-state index in [-0.39, 0.29) is 28.8 Å². The van der Waals surface area contributed by atoms with Gasteiger partial charge in [-0.25, -0.2) is 4.39 Å². The van der Waals surface area contributed by atoms with Gasteiger partial charge in [0, 0.05) is 31.0 Å². The Morgan fingerprint density at radius 3 is 2.50 bits per heavy atom. The first-order valence-electron chi connectivity index (χ1n) is 10.3. The smallest absolute Gasteiger partial charge is 0.253 e. The zero-order valence-electron chi connectivity index (χ0n) is 18.0. The fourth-order valence-electron chi connectivity index (χ4n) is 3.94. The molecule has 0 aliphatic heterocycles. The van der Waals surface area contributed by atoms with Gasteiger partial charge in [-0.15, -0.1) is 0 Å². The van der Waals surface area contributed by atoms with Gasteiger partial charge >= 0.3 is 0 Å².